The van der Waals surface area contributed by atoms with Gasteiger partial charge in [-0.05, 0) is 31.2 Å². The number of methoxy groups -OCH3 is 1. The van der Waals surface area contributed by atoms with Crippen molar-refractivity contribution < 1.29 is 19.4 Å². The molecule has 28 heavy (non-hydrogen) atoms. The molecule has 9 heteroatoms. The first-order valence-electron chi connectivity index (χ1n) is 8.45. The first-order chi connectivity index (χ1) is 13.5. The van der Waals surface area contributed by atoms with Crippen molar-refractivity contribution in [1.29, 1.82) is 0 Å². The van der Waals surface area contributed by atoms with E-state index in [0.29, 0.717) is 17.2 Å². The van der Waals surface area contributed by atoms with Gasteiger partial charge in [0, 0.05) is 16.3 Å². The predicted octanol–water partition coefficient (Wildman–Crippen LogP) is 2.59. The lowest BCUT2D eigenvalue weighted by atomic mass is 10.2. The number of Topliss-reactive ketones (excluding diaryl/α,β-unsaturated/α-hetero) is 1. The third-order valence-electron chi connectivity index (χ3n) is 3.86. The molecule has 3 rings (SSSR count). The van der Waals surface area contributed by atoms with Crippen LogP contribution in [-0.4, -0.2) is 46.2 Å². The van der Waals surface area contributed by atoms with Gasteiger partial charge >= 0.3 is 0 Å². The van der Waals surface area contributed by atoms with E-state index in [0.717, 1.165) is 26.6 Å². The first-order valence-corrected chi connectivity index (χ1v) is 10.2. The van der Waals surface area contributed by atoms with Gasteiger partial charge in [0.2, 0.25) is 5.91 Å². The van der Waals surface area contributed by atoms with Gasteiger partial charge in [0.1, 0.15) is 23.2 Å². The summed E-state index contributed by atoms with van der Waals surface area (Å²) in [4.78, 5) is 34.0. The average molecular weight is 418 g/mol. The minimum Gasteiger partial charge on any atom is -0.497 e. The van der Waals surface area contributed by atoms with E-state index >= 15 is 0 Å². The van der Waals surface area contributed by atoms with E-state index in [2.05, 4.69) is 15.3 Å². The summed E-state index contributed by atoms with van der Waals surface area (Å²) in [6, 6.07) is 9.15. The molecule has 1 amide bonds. The molecule has 0 fully saturated rings. The zero-order valence-corrected chi connectivity index (χ0v) is 17.0. The number of ketones is 1. The number of aliphatic hydroxyl groups is 1. The zero-order valence-electron chi connectivity index (χ0n) is 15.4. The Morgan fingerprint density at radius 3 is 2.82 bits per heavy atom. The maximum Gasteiger partial charge on any atom is 0.246 e. The van der Waals surface area contributed by atoms with Crippen LogP contribution >= 0.6 is 23.1 Å². The number of aryl methyl sites for hydroxylation is 1. The van der Waals surface area contributed by atoms with E-state index in [-0.39, 0.29) is 11.5 Å². The number of carbonyl (C=O) groups excluding carboxylic acids is 2. The van der Waals surface area contributed by atoms with Crippen LogP contribution in [0.4, 0.5) is 0 Å². The second kappa shape index (κ2) is 9.13. The number of aromatic nitrogens is 2. The van der Waals surface area contributed by atoms with Gasteiger partial charge in [-0.3, -0.25) is 9.59 Å². The highest BCUT2D eigenvalue weighted by Crippen LogP contribution is 2.29. The molecule has 0 saturated carbocycles. The fraction of sp³-hybridized carbons (Fsp3) is 0.263. The quantitative estimate of drug-likeness (QED) is 0.330. The van der Waals surface area contributed by atoms with Crippen molar-refractivity contribution in [2.75, 3.05) is 19.5 Å². The number of carbonyl (C=O) groups is 2. The van der Waals surface area contributed by atoms with Crippen molar-refractivity contribution in [1.82, 2.24) is 15.3 Å². The second-order valence-electron chi connectivity index (χ2n) is 5.87. The lowest BCUT2D eigenvalue weighted by molar-refractivity contribution is -0.123. The molecular formula is C19H19N3O4S2. The highest BCUT2D eigenvalue weighted by Gasteiger charge is 2.14. The molecule has 1 aromatic carbocycles. The summed E-state index contributed by atoms with van der Waals surface area (Å²) >= 11 is 2.71. The molecule has 0 atom stereocenters. The van der Waals surface area contributed by atoms with Crippen LogP contribution in [-0.2, 0) is 11.3 Å². The topological polar surface area (TPSA) is 101 Å². The van der Waals surface area contributed by atoms with Crippen LogP contribution in [0.1, 0.15) is 20.4 Å². The third kappa shape index (κ3) is 4.86. The maximum atomic E-state index is 12.5. The van der Waals surface area contributed by atoms with Gasteiger partial charge in [0.15, 0.2) is 5.78 Å². The Morgan fingerprint density at radius 2 is 2.07 bits per heavy atom. The Hall–Kier alpha value is -2.49. The monoisotopic (exact) mass is 417 g/mol. The van der Waals surface area contributed by atoms with Crippen LogP contribution in [0.25, 0.3) is 10.9 Å². The number of nitrogens with one attached hydrogen (secondary N) is 1. The number of hydrogen-bond acceptors (Lipinski definition) is 8. The summed E-state index contributed by atoms with van der Waals surface area (Å²) in [5, 5.41) is 12.9. The number of rotatable bonds is 8. The highest BCUT2D eigenvalue weighted by atomic mass is 32.2. The molecule has 0 aliphatic rings. The van der Waals surface area contributed by atoms with Gasteiger partial charge in [-0.25, -0.2) is 9.97 Å². The number of amides is 1. The minimum absolute atomic E-state index is 0.00679. The summed E-state index contributed by atoms with van der Waals surface area (Å²) in [6.07, 6.45) is 0. The Kier molecular flexibility index (Phi) is 6.61. The molecule has 0 spiro atoms. The molecule has 146 valence electrons. The molecule has 7 nitrogen and oxygen atoms in total. The minimum atomic E-state index is -0.550. The van der Waals surface area contributed by atoms with Gasteiger partial charge in [0.25, 0.3) is 0 Å². The number of thiophene rings is 1. The smallest absolute Gasteiger partial charge is 0.246 e. The summed E-state index contributed by atoms with van der Waals surface area (Å²) in [5.41, 5.74) is 0.778. The number of fused-ring (bicyclic) bond motifs is 1. The lowest BCUT2D eigenvalue weighted by Crippen LogP contribution is -2.25. The molecule has 0 unspecified atom stereocenters. The fourth-order valence-electron chi connectivity index (χ4n) is 2.50. The molecule has 0 aliphatic carbocycles. The number of ether oxygens (including phenoxy) is 1. The molecule has 0 saturated heterocycles. The highest BCUT2D eigenvalue weighted by molar-refractivity contribution is 8.00. The predicted molar refractivity (Wildman–Crippen MR) is 109 cm³/mol. The number of benzene rings is 1. The molecule has 3 aromatic rings. The summed E-state index contributed by atoms with van der Waals surface area (Å²) in [5.74, 6) is 1.15. The first kappa shape index (κ1) is 20.2. The second-order valence-corrected chi connectivity index (χ2v) is 8.00. The number of nitrogens with zero attached hydrogens (tertiary/aromatic N) is 2. The molecule has 0 aliphatic heterocycles. The van der Waals surface area contributed by atoms with E-state index in [1.165, 1.54) is 23.1 Å². The summed E-state index contributed by atoms with van der Waals surface area (Å²) < 4.78 is 5.24. The molecule has 0 bridgehead atoms. The van der Waals surface area contributed by atoms with Crippen molar-refractivity contribution in [3.8, 4) is 5.75 Å². The van der Waals surface area contributed by atoms with E-state index in [4.69, 9.17) is 9.84 Å². The van der Waals surface area contributed by atoms with Crippen molar-refractivity contribution in [3.63, 3.8) is 0 Å². The van der Waals surface area contributed by atoms with Crippen LogP contribution in [0.5, 0.6) is 5.75 Å². The molecule has 2 N–H and O–H groups in total. The number of aliphatic hydroxyl groups excluding tert-OH is 1. The lowest BCUT2D eigenvalue weighted by Gasteiger charge is -2.07. The molecular weight excluding hydrogens is 398 g/mol. The van der Waals surface area contributed by atoms with Crippen molar-refractivity contribution in [2.45, 2.75) is 18.5 Å². The zero-order chi connectivity index (χ0) is 20.1. The van der Waals surface area contributed by atoms with Crippen LogP contribution in [0.2, 0.25) is 0 Å². The van der Waals surface area contributed by atoms with Gasteiger partial charge in [-0.15, -0.1) is 11.3 Å². The number of hydrogen-bond donors (Lipinski definition) is 2. The average Bonchev–Trinajstić information content (AvgIpc) is 3.18. The van der Waals surface area contributed by atoms with Gasteiger partial charge in [-0.2, -0.15) is 0 Å². The molecule has 0 radical (unpaired) electrons. The SMILES string of the molecule is COc1ccc2c(SCC(=O)c3ccc(CNC(=O)CO)s3)nc(C)nc2c1. The summed E-state index contributed by atoms with van der Waals surface area (Å²) in [7, 11) is 1.61. The Labute approximate surface area is 170 Å². The normalized spacial score (nSPS) is 10.8. The van der Waals surface area contributed by atoms with Crippen LogP contribution in [0.15, 0.2) is 35.4 Å². The van der Waals surface area contributed by atoms with Gasteiger partial charge in [-0.1, -0.05) is 11.8 Å². The Balaban J connectivity index is 1.69. The maximum absolute atomic E-state index is 12.5. The van der Waals surface area contributed by atoms with Gasteiger partial charge < -0.3 is 15.2 Å². The Morgan fingerprint density at radius 1 is 1.25 bits per heavy atom. The van der Waals surface area contributed by atoms with E-state index < -0.39 is 12.5 Å². The van der Waals surface area contributed by atoms with E-state index in [1.54, 1.807) is 19.2 Å². The van der Waals surface area contributed by atoms with E-state index in [1.807, 2.05) is 25.1 Å². The standard InChI is InChI=1S/C19H19N3O4S2/c1-11-21-15-7-12(26-2)3-5-14(15)19(22-11)27-10-16(24)17-6-4-13(28-17)8-20-18(25)9-23/h3-7,23H,8-10H2,1-2H3,(H,20,25). The third-order valence-corrected chi connectivity index (χ3v) is 5.98. The van der Waals surface area contributed by atoms with Crippen LogP contribution in [0, 0.1) is 6.92 Å². The fourth-order valence-corrected chi connectivity index (χ4v) is 4.42. The van der Waals surface area contributed by atoms with Crippen molar-refractivity contribution >= 4 is 45.7 Å². The summed E-state index contributed by atoms with van der Waals surface area (Å²) in [6.45, 7) is 1.56. The molecule has 2 heterocycles. The Bertz CT molecular complexity index is 1020. The van der Waals surface area contributed by atoms with Gasteiger partial charge in [0.05, 0.1) is 29.8 Å². The van der Waals surface area contributed by atoms with Crippen LogP contribution < -0.4 is 10.1 Å². The molecule has 2 aromatic heterocycles. The largest absolute Gasteiger partial charge is 0.497 e. The van der Waals surface area contributed by atoms with E-state index in [9.17, 15) is 9.59 Å². The van der Waals surface area contributed by atoms with Crippen LogP contribution in [0.3, 0.4) is 0 Å². The van der Waals surface area contributed by atoms with Crippen molar-refractivity contribution in [3.05, 3.63) is 45.9 Å². The van der Waals surface area contributed by atoms with Crippen molar-refractivity contribution in [2.24, 2.45) is 0 Å². The number of thioether (sulfide) groups is 1.